The Kier molecular flexibility index (Phi) is 3.96. The molecule has 1 fully saturated rings. The van der Waals surface area contributed by atoms with Crippen LogP contribution in [0, 0.1) is 6.92 Å². The van der Waals surface area contributed by atoms with Gasteiger partial charge in [-0.05, 0) is 38.9 Å². The third-order valence-corrected chi connectivity index (χ3v) is 4.06. The minimum Gasteiger partial charge on any atom is -0.377 e. The Bertz CT molecular complexity index is 604. The molecule has 2 aromatic rings. The number of imidazole rings is 1. The predicted octanol–water partition coefficient (Wildman–Crippen LogP) is 2.91. The molecule has 3 rings (SSSR count). The predicted molar refractivity (Wildman–Crippen MR) is 80.2 cm³/mol. The van der Waals surface area contributed by atoms with Crippen LogP contribution in [0.25, 0.3) is 5.65 Å². The van der Waals surface area contributed by atoms with Crippen molar-refractivity contribution in [2.75, 3.05) is 20.2 Å². The molecule has 5 heteroatoms. The van der Waals surface area contributed by atoms with Crippen molar-refractivity contribution in [3.8, 4) is 0 Å². The summed E-state index contributed by atoms with van der Waals surface area (Å²) in [7, 11) is 2.13. The van der Waals surface area contributed by atoms with E-state index in [1.807, 2.05) is 18.3 Å². The molecule has 108 valence electrons. The molecule has 0 radical (unpaired) electrons. The van der Waals surface area contributed by atoms with Gasteiger partial charge in [0.15, 0.2) is 0 Å². The molecule has 1 atom stereocenters. The Morgan fingerprint density at radius 3 is 3.10 bits per heavy atom. The van der Waals surface area contributed by atoms with E-state index in [1.54, 1.807) is 0 Å². The molecule has 0 spiro atoms. The smallest absolute Gasteiger partial charge is 0.137 e. The highest BCUT2D eigenvalue weighted by molar-refractivity contribution is 6.30. The second kappa shape index (κ2) is 5.72. The van der Waals surface area contributed by atoms with Gasteiger partial charge in [0.05, 0.1) is 22.5 Å². The van der Waals surface area contributed by atoms with Crippen LogP contribution >= 0.6 is 11.6 Å². The van der Waals surface area contributed by atoms with Gasteiger partial charge in [0, 0.05) is 25.9 Å². The van der Waals surface area contributed by atoms with Gasteiger partial charge in [0.25, 0.3) is 0 Å². The zero-order valence-corrected chi connectivity index (χ0v) is 12.7. The molecular weight excluding hydrogens is 274 g/mol. The molecule has 0 aromatic carbocycles. The zero-order valence-electron chi connectivity index (χ0n) is 12.0. The third kappa shape index (κ3) is 2.82. The van der Waals surface area contributed by atoms with Gasteiger partial charge >= 0.3 is 0 Å². The average Bonchev–Trinajstić information content (AvgIpc) is 3.00. The lowest BCUT2D eigenvalue weighted by Crippen LogP contribution is -2.29. The Balaban J connectivity index is 1.78. The molecule has 0 saturated carbocycles. The quantitative estimate of drug-likeness (QED) is 0.868. The second-order valence-corrected chi connectivity index (χ2v) is 5.99. The maximum atomic E-state index is 6.09. The van der Waals surface area contributed by atoms with Crippen LogP contribution < -0.4 is 0 Å². The molecule has 0 aliphatic carbocycles. The van der Waals surface area contributed by atoms with E-state index in [4.69, 9.17) is 16.3 Å². The van der Waals surface area contributed by atoms with Crippen molar-refractivity contribution in [2.24, 2.45) is 0 Å². The lowest BCUT2D eigenvalue weighted by Gasteiger charge is -2.20. The molecule has 4 nitrogen and oxygen atoms in total. The van der Waals surface area contributed by atoms with Crippen molar-refractivity contribution >= 4 is 17.2 Å². The molecule has 20 heavy (non-hydrogen) atoms. The SMILES string of the molecule is Cc1nc2ccc(Cl)cn2c1CN(C)C[C@@H]1CCCO1. The molecule has 3 heterocycles. The second-order valence-electron chi connectivity index (χ2n) is 5.55. The minimum atomic E-state index is 0.378. The monoisotopic (exact) mass is 293 g/mol. The first-order valence-corrected chi connectivity index (χ1v) is 7.44. The van der Waals surface area contributed by atoms with Crippen LogP contribution in [0.5, 0.6) is 0 Å². The normalized spacial score (nSPS) is 19.3. The molecule has 1 aliphatic heterocycles. The fourth-order valence-corrected chi connectivity index (χ4v) is 2.99. The molecule has 0 N–H and O–H groups in total. The Morgan fingerprint density at radius 2 is 2.35 bits per heavy atom. The van der Waals surface area contributed by atoms with Gasteiger partial charge in [-0.25, -0.2) is 4.98 Å². The number of ether oxygens (including phenoxy) is 1. The summed E-state index contributed by atoms with van der Waals surface area (Å²) in [6.45, 7) is 4.78. The van der Waals surface area contributed by atoms with Crippen molar-refractivity contribution in [3.05, 3.63) is 34.7 Å². The van der Waals surface area contributed by atoms with E-state index in [0.717, 1.165) is 36.1 Å². The molecule has 1 saturated heterocycles. The fraction of sp³-hybridized carbons (Fsp3) is 0.533. The van der Waals surface area contributed by atoms with Gasteiger partial charge in [-0.3, -0.25) is 4.90 Å². The lowest BCUT2D eigenvalue weighted by molar-refractivity contribution is 0.0788. The van der Waals surface area contributed by atoms with Gasteiger partial charge < -0.3 is 9.14 Å². The summed E-state index contributed by atoms with van der Waals surface area (Å²) in [6.07, 6.45) is 4.67. The topological polar surface area (TPSA) is 29.8 Å². The minimum absolute atomic E-state index is 0.378. The van der Waals surface area contributed by atoms with Crippen LogP contribution in [0.2, 0.25) is 5.02 Å². The number of aromatic nitrogens is 2. The van der Waals surface area contributed by atoms with Crippen LogP contribution in [-0.4, -0.2) is 40.6 Å². The molecular formula is C15H20ClN3O. The number of fused-ring (bicyclic) bond motifs is 1. The Labute approximate surface area is 124 Å². The van der Waals surface area contributed by atoms with E-state index in [2.05, 4.69) is 28.3 Å². The fourth-order valence-electron chi connectivity index (χ4n) is 2.83. The van der Waals surface area contributed by atoms with E-state index >= 15 is 0 Å². The largest absolute Gasteiger partial charge is 0.377 e. The Hall–Kier alpha value is -1.10. The van der Waals surface area contributed by atoms with Gasteiger partial charge in [-0.2, -0.15) is 0 Å². The highest BCUT2D eigenvalue weighted by atomic mass is 35.5. The summed E-state index contributed by atoms with van der Waals surface area (Å²) in [5, 5.41) is 0.734. The van der Waals surface area contributed by atoms with Crippen LogP contribution in [0.15, 0.2) is 18.3 Å². The number of hydrogen-bond acceptors (Lipinski definition) is 3. The summed E-state index contributed by atoms with van der Waals surface area (Å²) < 4.78 is 7.78. The van der Waals surface area contributed by atoms with Gasteiger partial charge in [0.1, 0.15) is 5.65 Å². The summed E-state index contributed by atoms with van der Waals surface area (Å²) in [4.78, 5) is 6.88. The van der Waals surface area contributed by atoms with Crippen molar-refractivity contribution in [1.82, 2.24) is 14.3 Å². The van der Waals surface area contributed by atoms with Gasteiger partial charge in [0.2, 0.25) is 0 Å². The highest BCUT2D eigenvalue weighted by Gasteiger charge is 2.19. The first-order chi connectivity index (χ1) is 9.63. The van der Waals surface area contributed by atoms with Crippen LogP contribution in [0.3, 0.4) is 0 Å². The highest BCUT2D eigenvalue weighted by Crippen LogP contribution is 2.19. The van der Waals surface area contributed by atoms with Crippen molar-refractivity contribution in [2.45, 2.75) is 32.4 Å². The third-order valence-electron chi connectivity index (χ3n) is 3.84. The molecule has 0 bridgehead atoms. The molecule has 1 aliphatic rings. The van der Waals surface area contributed by atoms with Crippen LogP contribution in [-0.2, 0) is 11.3 Å². The number of rotatable bonds is 4. The molecule has 0 amide bonds. The summed E-state index contributed by atoms with van der Waals surface area (Å²) in [6, 6.07) is 3.84. The molecule has 2 aromatic heterocycles. The molecule has 0 unspecified atom stereocenters. The maximum absolute atomic E-state index is 6.09. The average molecular weight is 294 g/mol. The van der Waals surface area contributed by atoms with Crippen LogP contribution in [0.4, 0.5) is 0 Å². The first kappa shape index (κ1) is 13.9. The summed E-state index contributed by atoms with van der Waals surface area (Å²) in [5.41, 5.74) is 3.21. The van der Waals surface area contributed by atoms with E-state index in [0.29, 0.717) is 6.10 Å². The standard InChI is InChI=1S/C15H20ClN3O/c1-11-14(10-18(2)9-13-4-3-7-20-13)19-8-12(16)5-6-15(19)17-11/h5-6,8,13H,3-4,7,9-10H2,1-2H3/t13-/m0/s1. The number of nitrogens with zero attached hydrogens (tertiary/aromatic N) is 3. The van der Waals surface area contributed by atoms with E-state index < -0.39 is 0 Å². The summed E-state index contributed by atoms with van der Waals surface area (Å²) >= 11 is 6.09. The number of halogens is 1. The van der Waals surface area contributed by atoms with E-state index in [-0.39, 0.29) is 0 Å². The number of likely N-dealkylation sites (N-methyl/N-ethyl adjacent to an activating group) is 1. The van der Waals surface area contributed by atoms with Gasteiger partial charge in [-0.1, -0.05) is 11.6 Å². The van der Waals surface area contributed by atoms with Gasteiger partial charge in [-0.15, -0.1) is 0 Å². The number of hydrogen-bond donors (Lipinski definition) is 0. The number of aryl methyl sites for hydroxylation is 1. The van der Waals surface area contributed by atoms with Crippen molar-refractivity contribution in [3.63, 3.8) is 0 Å². The van der Waals surface area contributed by atoms with Crippen LogP contribution in [0.1, 0.15) is 24.2 Å². The summed E-state index contributed by atoms with van der Waals surface area (Å²) in [5.74, 6) is 0. The lowest BCUT2D eigenvalue weighted by atomic mass is 10.2. The number of pyridine rings is 1. The van der Waals surface area contributed by atoms with E-state index in [1.165, 1.54) is 18.5 Å². The first-order valence-electron chi connectivity index (χ1n) is 7.07. The van der Waals surface area contributed by atoms with E-state index in [9.17, 15) is 0 Å². The zero-order chi connectivity index (χ0) is 14.1. The maximum Gasteiger partial charge on any atom is 0.137 e. The Morgan fingerprint density at radius 1 is 1.50 bits per heavy atom. The van der Waals surface area contributed by atoms with Crippen molar-refractivity contribution < 1.29 is 4.74 Å². The van der Waals surface area contributed by atoms with Crippen molar-refractivity contribution in [1.29, 1.82) is 0 Å².